The van der Waals surface area contributed by atoms with Gasteiger partial charge in [-0.05, 0) is 50.5 Å². The molecular formula is C12H21N. The lowest BCUT2D eigenvalue weighted by atomic mass is 9.59. The Bertz CT molecular complexity index is 191. The van der Waals surface area contributed by atoms with Gasteiger partial charge >= 0.3 is 0 Å². The smallest absolute Gasteiger partial charge is 0.00104 e. The summed E-state index contributed by atoms with van der Waals surface area (Å²) in [6, 6.07) is 0. The molecule has 1 saturated carbocycles. The van der Waals surface area contributed by atoms with E-state index in [0.29, 0.717) is 5.41 Å². The van der Waals surface area contributed by atoms with E-state index in [-0.39, 0.29) is 0 Å². The summed E-state index contributed by atoms with van der Waals surface area (Å²) >= 11 is 0. The number of hydrogen-bond acceptors (Lipinski definition) is 1. The molecule has 0 spiro atoms. The van der Waals surface area contributed by atoms with E-state index in [4.69, 9.17) is 0 Å². The summed E-state index contributed by atoms with van der Waals surface area (Å²) in [6.45, 7) is 1.22. The van der Waals surface area contributed by atoms with E-state index in [1.807, 2.05) is 0 Å². The molecule has 1 heteroatoms. The van der Waals surface area contributed by atoms with Gasteiger partial charge in [-0.3, -0.25) is 0 Å². The van der Waals surface area contributed by atoms with Gasteiger partial charge in [0.25, 0.3) is 0 Å². The third-order valence-corrected chi connectivity index (χ3v) is 3.92. The maximum Gasteiger partial charge on any atom is 0.00104 e. The van der Waals surface area contributed by atoms with Crippen LogP contribution in [-0.2, 0) is 0 Å². The number of hydrogen-bond donors (Lipinski definition) is 1. The molecule has 0 heterocycles. The zero-order valence-electron chi connectivity index (χ0n) is 8.68. The fourth-order valence-electron chi connectivity index (χ4n) is 2.98. The van der Waals surface area contributed by atoms with Gasteiger partial charge < -0.3 is 5.32 Å². The van der Waals surface area contributed by atoms with Gasteiger partial charge in [0.2, 0.25) is 0 Å². The first-order chi connectivity index (χ1) is 6.37. The summed E-state index contributed by atoms with van der Waals surface area (Å²) in [7, 11) is 2.09. The van der Waals surface area contributed by atoms with E-state index < -0.39 is 0 Å². The van der Waals surface area contributed by atoms with Gasteiger partial charge in [0.1, 0.15) is 0 Å². The summed E-state index contributed by atoms with van der Waals surface area (Å²) in [5.74, 6) is 0.877. The first kappa shape index (κ1) is 9.26. The highest BCUT2D eigenvalue weighted by atomic mass is 14.8. The summed E-state index contributed by atoms with van der Waals surface area (Å²) in [5.41, 5.74) is 0.645. The average molecular weight is 179 g/mol. The molecule has 0 amide bonds. The van der Waals surface area contributed by atoms with Crippen LogP contribution in [0.1, 0.15) is 38.5 Å². The van der Waals surface area contributed by atoms with Crippen molar-refractivity contribution in [3.63, 3.8) is 0 Å². The molecule has 2 aliphatic carbocycles. The van der Waals surface area contributed by atoms with Crippen LogP contribution in [-0.4, -0.2) is 13.6 Å². The molecule has 0 aromatic rings. The summed E-state index contributed by atoms with van der Waals surface area (Å²) in [4.78, 5) is 0. The van der Waals surface area contributed by atoms with Gasteiger partial charge in [-0.1, -0.05) is 18.6 Å². The predicted octanol–water partition coefficient (Wildman–Crippen LogP) is 2.73. The Morgan fingerprint density at radius 1 is 1.38 bits per heavy atom. The second-order valence-corrected chi connectivity index (χ2v) is 4.71. The summed E-state index contributed by atoms with van der Waals surface area (Å²) < 4.78 is 0. The minimum atomic E-state index is 0.645. The molecule has 0 bridgehead atoms. The van der Waals surface area contributed by atoms with Crippen LogP contribution in [0, 0.1) is 11.3 Å². The Kier molecular flexibility index (Phi) is 2.73. The molecular weight excluding hydrogens is 158 g/mol. The molecule has 1 fully saturated rings. The van der Waals surface area contributed by atoms with Crippen molar-refractivity contribution in [2.24, 2.45) is 11.3 Å². The first-order valence-corrected chi connectivity index (χ1v) is 5.69. The second kappa shape index (κ2) is 3.83. The predicted molar refractivity (Wildman–Crippen MR) is 56.7 cm³/mol. The van der Waals surface area contributed by atoms with Crippen LogP contribution in [0.2, 0.25) is 0 Å². The fourth-order valence-corrected chi connectivity index (χ4v) is 2.98. The lowest BCUT2D eigenvalue weighted by molar-refractivity contribution is 0.0679. The van der Waals surface area contributed by atoms with Crippen molar-refractivity contribution in [3.8, 4) is 0 Å². The van der Waals surface area contributed by atoms with Gasteiger partial charge in [0.15, 0.2) is 0 Å². The van der Waals surface area contributed by atoms with Crippen LogP contribution >= 0.6 is 0 Å². The van der Waals surface area contributed by atoms with Gasteiger partial charge in [0, 0.05) is 6.54 Å². The van der Waals surface area contributed by atoms with Crippen molar-refractivity contribution >= 4 is 0 Å². The van der Waals surface area contributed by atoms with Crippen LogP contribution in [0.15, 0.2) is 12.2 Å². The zero-order chi connectivity index (χ0) is 9.15. The standard InChI is InChI=1S/C12H21N/c1-13-10-12(8-5-9-12)11-6-3-2-4-7-11/h3,6,11,13H,2,4-5,7-10H2,1H3. The highest BCUT2D eigenvalue weighted by Crippen LogP contribution is 2.49. The Labute approximate surface area is 81.6 Å². The van der Waals surface area contributed by atoms with Crippen LogP contribution < -0.4 is 5.32 Å². The third kappa shape index (κ3) is 1.67. The Morgan fingerprint density at radius 2 is 2.23 bits per heavy atom. The van der Waals surface area contributed by atoms with Crippen LogP contribution in [0.3, 0.4) is 0 Å². The molecule has 0 aromatic heterocycles. The van der Waals surface area contributed by atoms with E-state index in [9.17, 15) is 0 Å². The van der Waals surface area contributed by atoms with E-state index in [1.54, 1.807) is 0 Å². The molecule has 1 atom stereocenters. The molecule has 0 aromatic carbocycles. The molecule has 13 heavy (non-hydrogen) atoms. The van der Waals surface area contributed by atoms with Crippen molar-refractivity contribution in [2.45, 2.75) is 38.5 Å². The van der Waals surface area contributed by atoms with Crippen molar-refractivity contribution in [1.82, 2.24) is 5.32 Å². The Balaban J connectivity index is 2.02. The lowest BCUT2D eigenvalue weighted by Crippen LogP contribution is -2.44. The first-order valence-electron chi connectivity index (χ1n) is 5.69. The number of allylic oxidation sites excluding steroid dienone is 2. The van der Waals surface area contributed by atoms with Gasteiger partial charge in [0.05, 0.1) is 0 Å². The zero-order valence-corrected chi connectivity index (χ0v) is 8.68. The van der Waals surface area contributed by atoms with Gasteiger partial charge in [-0.25, -0.2) is 0 Å². The minimum absolute atomic E-state index is 0.645. The van der Waals surface area contributed by atoms with Crippen molar-refractivity contribution in [2.75, 3.05) is 13.6 Å². The molecule has 74 valence electrons. The SMILES string of the molecule is CNCC1(C2C=CCCC2)CCC1. The van der Waals surface area contributed by atoms with Crippen LogP contribution in [0.4, 0.5) is 0 Å². The van der Waals surface area contributed by atoms with E-state index in [1.165, 1.54) is 45.1 Å². The molecule has 1 N–H and O–H groups in total. The van der Waals surface area contributed by atoms with Gasteiger partial charge in [-0.2, -0.15) is 0 Å². The summed E-state index contributed by atoms with van der Waals surface area (Å²) in [5, 5.41) is 3.37. The topological polar surface area (TPSA) is 12.0 Å². The number of rotatable bonds is 3. The normalized spacial score (nSPS) is 31.3. The second-order valence-electron chi connectivity index (χ2n) is 4.71. The summed E-state index contributed by atoms with van der Waals surface area (Å²) in [6.07, 6.45) is 13.4. The largest absolute Gasteiger partial charge is 0.319 e. The highest BCUT2D eigenvalue weighted by Gasteiger charge is 2.42. The van der Waals surface area contributed by atoms with Crippen molar-refractivity contribution < 1.29 is 0 Å². The molecule has 0 aliphatic heterocycles. The maximum absolute atomic E-state index is 3.37. The highest BCUT2D eigenvalue weighted by molar-refractivity contribution is 5.05. The maximum atomic E-state index is 3.37. The molecule has 1 nitrogen and oxygen atoms in total. The van der Waals surface area contributed by atoms with Gasteiger partial charge in [-0.15, -0.1) is 0 Å². The quantitative estimate of drug-likeness (QED) is 0.657. The van der Waals surface area contributed by atoms with E-state index >= 15 is 0 Å². The Morgan fingerprint density at radius 3 is 2.69 bits per heavy atom. The lowest BCUT2D eigenvalue weighted by Gasteiger charge is -2.48. The van der Waals surface area contributed by atoms with Crippen molar-refractivity contribution in [1.29, 1.82) is 0 Å². The molecule has 2 aliphatic rings. The van der Waals surface area contributed by atoms with Crippen LogP contribution in [0.5, 0.6) is 0 Å². The molecule has 2 rings (SSSR count). The third-order valence-electron chi connectivity index (χ3n) is 3.92. The van der Waals surface area contributed by atoms with E-state index in [2.05, 4.69) is 24.5 Å². The molecule has 0 saturated heterocycles. The van der Waals surface area contributed by atoms with E-state index in [0.717, 1.165) is 5.92 Å². The average Bonchev–Trinajstić information content (AvgIpc) is 2.13. The van der Waals surface area contributed by atoms with Crippen molar-refractivity contribution in [3.05, 3.63) is 12.2 Å². The Hall–Kier alpha value is -0.300. The monoisotopic (exact) mass is 179 g/mol. The minimum Gasteiger partial charge on any atom is -0.319 e. The number of nitrogens with one attached hydrogen (secondary N) is 1. The fraction of sp³-hybridized carbons (Fsp3) is 0.833. The molecule has 0 radical (unpaired) electrons. The molecule has 1 unspecified atom stereocenters. The van der Waals surface area contributed by atoms with Crippen LogP contribution in [0.25, 0.3) is 0 Å².